The molecule has 2 amide bonds. The Morgan fingerprint density at radius 2 is 1.42 bits per heavy atom. The molecule has 0 atom stereocenters. The predicted octanol–water partition coefficient (Wildman–Crippen LogP) is 3.11. The van der Waals surface area contributed by atoms with E-state index in [4.69, 9.17) is 0 Å². The van der Waals surface area contributed by atoms with Gasteiger partial charge in [-0.15, -0.1) is 0 Å². The molecule has 5 rings (SSSR count). The van der Waals surface area contributed by atoms with E-state index in [1.165, 1.54) is 51.4 Å². The Kier molecular flexibility index (Phi) is 4.57. The first-order valence-electron chi connectivity index (χ1n) is 10.2. The number of amides is 2. The Hall–Kier alpha value is -1.06. The molecular weight excluding hydrogens is 300 g/mol. The van der Waals surface area contributed by atoms with E-state index in [2.05, 4.69) is 5.32 Å². The number of carbonyl (C=O) groups is 2. The molecule has 5 fully saturated rings. The summed E-state index contributed by atoms with van der Waals surface area (Å²) >= 11 is 0. The van der Waals surface area contributed by atoms with Crippen molar-refractivity contribution in [3.8, 4) is 0 Å². The Balaban J connectivity index is 1.27. The van der Waals surface area contributed by atoms with Gasteiger partial charge in [-0.25, -0.2) is 0 Å². The van der Waals surface area contributed by atoms with E-state index in [1.807, 2.05) is 4.90 Å². The quantitative estimate of drug-likeness (QED) is 0.860. The average molecular weight is 332 g/mol. The second-order valence-corrected chi connectivity index (χ2v) is 9.17. The molecule has 4 saturated carbocycles. The first-order valence-corrected chi connectivity index (χ1v) is 10.2. The minimum absolute atomic E-state index is 0.107. The Morgan fingerprint density at radius 1 is 0.875 bits per heavy atom. The summed E-state index contributed by atoms with van der Waals surface area (Å²) in [5.74, 6) is 2.85. The topological polar surface area (TPSA) is 49.4 Å². The van der Waals surface area contributed by atoms with Crippen LogP contribution in [0, 0.1) is 23.2 Å². The summed E-state index contributed by atoms with van der Waals surface area (Å²) in [4.78, 5) is 26.8. The fraction of sp³-hybridized carbons (Fsp3) is 0.900. The number of hydrogen-bond donors (Lipinski definition) is 1. The molecule has 0 aromatic carbocycles. The highest BCUT2D eigenvalue weighted by Crippen LogP contribution is 2.61. The van der Waals surface area contributed by atoms with Gasteiger partial charge in [0.25, 0.3) is 0 Å². The standard InChI is InChI=1S/C20H32N2O2/c23-18(21-14-19(24)22-5-3-1-2-4-6-22)13-20-10-15-7-16(11-20)9-17(8-15)12-20/h15-17H,1-14H2,(H,21,23). The molecule has 0 spiro atoms. The van der Waals surface area contributed by atoms with Gasteiger partial charge >= 0.3 is 0 Å². The van der Waals surface area contributed by atoms with E-state index in [-0.39, 0.29) is 23.8 Å². The van der Waals surface area contributed by atoms with Crippen LogP contribution in [0.15, 0.2) is 0 Å². The smallest absolute Gasteiger partial charge is 0.241 e. The Morgan fingerprint density at radius 3 is 1.96 bits per heavy atom. The summed E-state index contributed by atoms with van der Waals surface area (Å²) in [6.07, 6.45) is 13.3. The first-order chi connectivity index (χ1) is 11.6. The summed E-state index contributed by atoms with van der Waals surface area (Å²) in [6.45, 7) is 1.93. The third kappa shape index (κ3) is 3.48. The van der Waals surface area contributed by atoms with E-state index in [1.54, 1.807) is 0 Å². The van der Waals surface area contributed by atoms with E-state index in [9.17, 15) is 9.59 Å². The van der Waals surface area contributed by atoms with Gasteiger partial charge in [-0.1, -0.05) is 12.8 Å². The molecule has 1 aliphatic heterocycles. The Bertz CT molecular complexity index is 459. The number of rotatable bonds is 4. The van der Waals surface area contributed by atoms with Gasteiger partial charge in [0.1, 0.15) is 0 Å². The summed E-state index contributed by atoms with van der Waals surface area (Å²) in [6, 6.07) is 0. The molecule has 0 unspecified atom stereocenters. The molecule has 134 valence electrons. The largest absolute Gasteiger partial charge is 0.347 e. The maximum absolute atomic E-state index is 12.5. The zero-order valence-electron chi connectivity index (χ0n) is 14.9. The van der Waals surface area contributed by atoms with E-state index >= 15 is 0 Å². The van der Waals surface area contributed by atoms with E-state index < -0.39 is 0 Å². The van der Waals surface area contributed by atoms with Crippen LogP contribution in [0.25, 0.3) is 0 Å². The van der Waals surface area contributed by atoms with Gasteiger partial charge in [0.05, 0.1) is 6.54 Å². The van der Waals surface area contributed by atoms with Gasteiger partial charge in [-0.3, -0.25) is 9.59 Å². The van der Waals surface area contributed by atoms with Crippen molar-refractivity contribution in [2.45, 2.75) is 70.6 Å². The van der Waals surface area contributed by atoms with Gasteiger partial charge in [0, 0.05) is 19.5 Å². The van der Waals surface area contributed by atoms with Crippen LogP contribution in [-0.4, -0.2) is 36.3 Å². The predicted molar refractivity (Wildman–Crippen MR) is 93.3 cm³/mol. The van der Waals surface area contributed by atoms with Crippen LogP contribution in [0.2, 0.25) is 0 Å². The Labute approximate surface area is 145 Å². The van der Waals surface area contributed by atoms with Crippen LogP contribution in [0.3, 0.4) is 0 Å². The SMILES string of the molecule is O=C(CC12CC3CC(CC(C3)C1)C2)NCC(=O)N1CCCCCC1. The minimum atomic E-state index is 0.107. The van der Waals surface area contributed by atoms with Crippen molar-refractivity contribution in [1.29, 1.82) is 0 Å². The van der Waals surface area contributed by atoms with Crippen molar-refractivity contribution in [2.75, 3.05) is 19.6 Å². The van der Waals surface area contributed by atoms with Gasteiger partial charge in [0.2, 0.25) is 11.8 Å². The normalized spacial score (nSPS) is 38.0. The van der Waals surface area contributed by atoms with Crippen molar-refractivity contribution in [3.05, 3.63) is 0 Å². The zero-order valence-corrected chi connectivity index (χ0v) is 14.9. The highest BCUT2D eigenvalue weighted by molar-refractivity contribution is 5.85. The molecule has 4 heteroatoms. The van der Waals surface area contributed by atoms with Crippen LogP contribution in [0.5, 0.6) is 0 Å². The summed E-state index contributed by atoms with van der Waals surface area (Å²) in [5, 5.41) is 2.94. The number of hydrogen-bond acceptors (Lipinski definition) is 2. The van der Waals surface area contributed by atoms with Gasteiger partial charge < -0.3 is 10.2 Å². The molecule has 1 heterocycles. The van der Waals surface area contributed by atoms with E-state index in [0.717, 1.165) is 43.7 Å². The molecule has 1 N–H and O–H groups in total. The molecular formula is C20H32N2O2. The number of nitrogens with one attached hydrogen (secondary N) is 1. The van der Waals surface area contributed by atoms with Crippen molar-refractivity contribution < 1.29 is 9.59 Å². The highest BCUT2D eigenvalue weighted by atomic mass is 16.2. The fourth-order valence-electron chi connectivity index (χ4n) is 6.52. The summed E-state index contributed by atoms with van der Waals surface area (Å²) in [5.41, 5.74) is 0.268. The third-order valence-electron chi connectivity index (χ3n) is 7.10. The summed E-state index contributed by atoms with van der Waals surface area (Å²) in [7, 11) is 0. The molecule has 0 radical (unpaired) electrons. The monoisotopic (exact) mass is 332 g/mol. The minimum Gasteiger partial charge on any atom is -0.347 e. The van der Waals surface area contributed by atoms with Gasteiger partial charge in [-0.05, 0) is 74.5 Å². The number of likely N-dealkylation sites (tertiary alicyclic amines) is 1. The van der Waals surface area contributed by atoms with Crippen molar-refractivity contribution in [1.82, 2.24) is 10.2 Å². The van der Waals surface area contributed by atoms with Crippen LogP contribution in [0.4, 0.5) is 0 Å². The average Bonchev–Trinajstić information content (AvgIpc) is 2.80. The lowest BCUT2D eigenvalue weighted by atomic mass is 9.49. The van der Waals surface area contributed by atoms with Crippen LogP contribution >= 0.6 is 0 Å². The van der Waals surface area contributed by atoms with Crippen molar-refractivity contribution in [2.24, 2.45) is 23.2 Å². The van der Waals surface area contributed by atoms with Crippen LogP contribution in [-0.2, 0) is 9.59 Å². The van der Waals surface area contributed by atoms with Crippen LogP contribution in [0.1, 0.15) is 70.6 Å². The molecule has 0 aromatic rings. The number of carbonyl (C=O) groups excluding carboxylic acids is 2. The maximum Gasteiger partial charge on any atom is 0.241 e. The van der Waals surface area contributed by atoms with Crippen molar-refractivity contribution >= 4 is 11.8 Å². The second-order valence-electron chi connectivity index (χ2n) is 9.17. The molecule has 24 heavy (non-hydrogen) atoms. The lowest BCUT2D eigenvalue weighted by Crippen LogP contribution is -2.48. The maximum atomic E-state index is 12.5. The van der Waals surface area contributed by atoms with Crippen molar-refractivity contribution in [3.63, 3.8) is 0 Å². The van der Waals surface area contributed by atoms with E-state index in [0.29, 0.717) is 6.42 Å². The lowest BCUT2D eigenvalue weighted by molar-refractivity contribution is -0.135. The molecule has 0 aromatic heterocycles. The fourth-order valence-corrected chi connectivity index (χ4v) is 6.52. The molecule has 4 aliphatic carbocycles. The molecule has 1 saturated heterocycles. The third-order valence-corrected chi connectivity index (χ3v) is 7.10. The molecule has 5 aliphatic rings. The molecule has 4 nitrogen and oxygen atoms in total. The summed E-state index contributed by atoms with van der Waals surface area (Å²) < 4.78 is 0. The van der Waals surface area contributed by atoms with Gasteiger partial charge in [0.15, 0.2) is 0 Å². The van der Waals surface area contributed by atoms with Gasteiger partial charge in [-0.2, -0.15) is 0 Å². The zero-order chi connectivity index (χ0) is 16.6. The second kappa shape index (κ2) is 6.68. The molecule has 4 bridgehead atoms. The van der Waals surface area contributed by atoms with Crippen LogP contribution < -0.4 is 5.32 Å². The first kappa shape index (κ1) is 16.4. The number of nitrogens with zero attached hydrogens (tertiary/aromatic N) is 1. The highest BCUT2D eigenvalue weighted by Gasteiger charge is 2.51. The lowest BCUT2D eigenvalue weighted by Gasteiger charge is -2.56.